The molecule has 0 bridgehead atoms. The van der Waals surface area contributed by atoms with Crippen LogP contribution in [0, 0.1) is 0 Å². The summed E-state index contributed by atoms with van der Waals surface area (Å²) in [5.74, 6) is 1.06. The number of carbonyl (C=O) groups is 1. The van der Waals surface area contributed by atoms with Gasteiger partial charge >= 0.3 is 0 Å². The summed E-state index contributed by atoms with van der Waals surface area (Å²) in [6.45, 7) is 3.39. The molecule has 134 valence electrons. The Morgan fingerprint density at radius 3 is 2.58 bits per heavy atom. The Balaban J connectivity index is 1.39. The van der Waals surface area contributed by atoms with E-state index in [0.29, 0.717) is 30.4 Å². The molecule has 26 heavy (non-hydrogen) atoms. The fourth-order valence-corrected chi connectivity index (χ4v) is 3.08. The lowest BCUT2D eigenvalue weighted by atomic mass is 10.2. The zero-order valence-corrected chi connectivity index (χ0v) is 14.7. The van der Waals surface area contributed by atoms with Gasteiger partial charge in [-0.1, -0.05) is 11.6 Å². The van der Waals surface area contributed by atoms with Crippen molar-refractivity contribution < 1.29 is 9.21 Å². The maximum absolute atomic E-state index is 12.3. The van der Waals surface area contributed by atoms with Gasteiger partial charge in [-0.3, -0.25) is 9.69 Å². The number of tetrazole rings is 1. The number of aromatic nitrogens is 4. The second-order valence-electron chi connectivity index (χ2n) is 6.03. The standard InChI is InChI=1S/C17H17ClN6O2/c18-13-3-5-14(6-4-13)24-16(19-20-21-24)12-22-7-9-23(10-8-22)17(25)15-2-1-11-26-15/h1-6,11H,7-10,12H2. The number of hydrogen-bond donors (Lipinski definition) is 0. The first-order valence-corrected chi connectivity index (χ1v) is 8.67. The van der Waals surface area contributed by atoms with Gasteiger partial charge in [-0.05, 0) is 46.8 Å². The smallest absolute Gasteiger partial charge is 0.289 e. The van der Waals surface area contributed by atoms with Crippen LogP contribution in [0.1, 0.15) is 16.4 Å². The van der Waals surface area contributed by atoms with Crippen LogP contribution in [0.3, 0.4) is 0 Å². The van der Waals surface area contributed by atoms with Crippen LogP contribution >= 0.6 is 11.6 Å². The maximum atomic E-state index is 12.3. The number of benzene rings is 1. The van der Waals surface area contributed by atoms with E-state index in [-0.39, 0.29) is 5.91 Å². The lowest BCUT2D eigenvalue weighted by Gasteiger charge is -2.33. The monoisotopic (exact) mass is 372 g/mol. The van der Waals surface area contributed by atoms with Crippen LogP contribution < -0.4 is 0 Å². The largest absolute Gasteiger partial charge is 0.459 e. The minimum atomic E-state index is -0.0688. The molecule has 0 saturated carbocycles. The molecule has 0 unspecified atom stereocenters. The van der Waals surface area contributed by atoms with Gasteiger partial charge in [0.1, 0.15) is 0 Å². The molecule has 0 radical (unpaired) electrons. The minimum absolute atomic E-state index is 0.0688. The van der Waals surface area contributed by atoms with Crippen LogP contribution in [0.2, 0.25) is 5.02 Å². The number of amides is 1. The lowest BCUT2D eigenvalue weighted by molar-refractivity contribution is 0.0594. The Morgan fingerprint density at radius 1 is 1.12 bits per heavy atom. The van der Waals surface area contributed by atoms with E-state index in [9.17, 15) is 4.79 Å². The molecule has 1 aromatic carbocycles. The molecular formula is C17H17ClN6O2. The summed E-state index contributed by atoms with van der Waals surface area (Å²) in [7, 11) is 0. The number of hydrogen-bond acceptors (Lipinski definition) is 6. The molecular weight excluding hydrogens is 356 g/mol. The molecule has 1 aliphatic rings. The first kappa shape index (κ1) is 16.7. The van der Waals surface area contributed by atoms with E-state index in [1.165, 1.54) is 6.26 Å². The number of rotatable bonds is 4. The molecule has 0 spiro atoms. The Morgan fingerprint density at radius 2 is 1.88 bits per heavy atom. The number of halogens is 1. The summed E-state index contributed by atoms with van der Waals surface area (Å²) in [5, 5.41) is 12.7. The zero-order valence-electron chi connectivity index (χ0n) is 14.0. The van der Waals surface area contributed by atoms with Crippen molar-refractivity contribution in [3.05, 3.63) is 59.3 Å². The van der Waals surface area contributed by atoms with Crippen molar-refractivity contribution in [1.82, 2.24) is 30.0 Å². The van der Waals surface area contributed by atoms with Crippen LogP contribution in [0.15, 0.2) is 47.1 Å². The fraction of sp³-hybridized carbons (Fsp3) is 0.294. The van der Waals surface area contributed by atoms with Gasteiger partial charge in [0.25, 0.3) is 5.91 Å². The van der Waals surface area contributed by atoms with Gasteiger partial charge in [-0.25, -0.2) is 0 Å². The molecule has 4 rings (SSSR count). The first-order valence-electron chi connectivity index (χ1n) is 8.29. The van der Waals surface area contributed by atoms with Crippen molar-refractivity contribution in [2.24, 2.45) is 0 Å². The van der Waals surface area contributed by atoms with E-state index in [0.717, 1.165) is 24.6 Å². The van der Waals surface area contributed by atoms with E-state index >= 15 is 0 Å². The second-order valence-corrected chi connectivity index (χ2v) is 6.47. The van der Waals surface area contributed by atoms with Gasteiger partial charge in [0.15, 0.2) is 11.6 Å². The third kappa shape index (κ3) is 3.47. The quantitative estimate of drug-likeness (QED) is 0.695. The molecule has 3 heterocycles. The van der Waals surface area contributed by atoms with Crippen LogP contribution in [0.25, 0.3) is 5.69 Å². The Bertz CT molecular complexity index is 869. The lowest BCUT2D eigenvalue weighted by Crippen LogP contribution is -2.48. The highest BCUT2D eigenvalue weighted by atomic mass is 35.5. The summed E-state index contributed by atoms with van der Waals surface area (Å²) in [5.41, 5.74) is 0.862. The average molecular weight is 373 g/mol. The molecule has 3 aromatic rings. The van der Waals surface area contributed by atoms with Gasteiger partial charge < -0.3 is 9.32 Å². The average Bonchev–Trinajstić information content (AvgIpc) is 3.35. The molecule has 0 atom stereocenters. The molecule has 9 heteroatoms. The summed E-state index contributed by atoms with van der Waals surface area (Å²) >= 11 is 5.94. The van der Waals surface area contributed by atoms with Crippen molar-refractivity contribution in [1.29, 1.82) is 0 Å². The van der Waals surface area contributed by atoms with Crippen molar-refractivity contribution in [3.8, 4) is 5.69 Å². The van der Waals surface area contributed by atoms with Crippen LogP contribution in [0.5, 0.6) is 0 Å². The number of furan rings is 1. The topological polar surface area (TPSA) is 80.3 Å². The van der Waals surface area contributed by atoms with Crippen LogP contribution in [-0.4, -0.2) is 62.1 Å². The van der Waals surface area contributed by atoms with Crippen molar-refractivity contribution >= 4 is 17.5 Å². The molecule has 1 saturated heterocycles. The zero-order chi connectivity index (χ0) is 17.9. The predicted octanol–water partition coefficient (Wildman–Crippen LogP) is 1.87. The molecule has 0 N–H and O–H groups in total. The number of carbonyl (C=O) groups excluding carboxylic acids is 1. The van der Waals surface area contributed by atoms with Crippen LogP contribution in [-0.2, 0) is 6.54 Å². The molecule has 2 aromatic heterocycles. The van der Waals surface area contributed by atoms with E-state index in [2.05, 4.69) is 20.4 Å². The van der Waals surface area contributed by atoms with E-state index in [1.807, 2.05) is 12.1 Å². The summed E-state index contributed by atoms with van der Waals surface area (Å²) in [4.78, 5) is 16.3. The van der Waals surface area contributed by atoms with Crippen molar-refractivity contribution in [3.63, 3.8) is 0 Å². The highest BCUT2D eigenvalue weighted by molar-refractivity contribution is 6.30. The van der Waals surface area contributed by atoms with E-state index in [1.54, 1.807) is 33.8 Å². The predicted molar refractivity (Wildman–Crippen MR) is 94.1 cm³/mol. The molecule has 1 fully saturated rings. The molecule has 1 aliphatic heterocycles. The Kier molecular flexibility index (Phi) is 4.68. The third-order valence-electron chi connectivity index (χ3n) is 4.36. The first-order chi connectivity index (χ1) is 12.7. The number of piperazine rings is 1. The molecule has 8 nitrogen and oxygen atoms in total. The number of nitrogens with zero attached hydrogens (tertiary/aromatic N) is 6. The molecule has 1 amide bonds. The van der Waals surface area contributed by atoms with E-state index in [4.69, 9.17) is 16.0 Å². The summed E-state index contributed by atoms with van der Waals surface area (Å²) in [6.07, 6.45) is 1.51. The summed E-state index contributed by atoms with van der Waals surface area (Å²) in [6, 6.07) is 10.8. The minimum Gasteiger partial charge on any atom is -0.459 e. The van der Waals surface area contributed by atoms with Gasteiger partial charge in [0.2, 0.25) is 0 Å². The van der Waals surface area contributed by atoms with Crippen LogP contribution in [0.4, 0.5) is 0 Å². The van der Waals surface area contributed by atoms with Gasteiger partial charge in [0.05, 0.1) is 18.5 Å². The maximum Gasteiger partial charge on any atom is 0.289 e. The third-order valence-corrected chi connectivity index (χ3v) is 4.61. The van der Waals surface area contributed by atoms with Gasteiger partial charge in [-0.2, -0.15) is 4.68 Å². The second kappa shape index (κ2) is 7.27. The van der Waals surface area contributed by atoms with E-state index < -0.39 is 0 Å². The fourth-order valence-electron chi connectivity index (χ4n) is 2.95. The Hall–Kier alpha value is -2.71. The highest BCUT2D eigenvalue weighted by Gasteiger charge is 2.24. The normalized spacial score (nSPS) is 15.3. The van der Waals surface area contributed by atoms with Crippen molar-refractivity contribution in [2.45, 2.75) is 6.54 Å². The highest BCUT2D eigenvalue weighted by Crippen LogP contribution is 2.15. The molecule has 0 aliphatic carbocycles. The van der Waals surface area contributed by atoms with Gasteiger partial charge in [-0.15, -0.1) is 5.10 Å². The van der Waals surface area contributed by atoms with Crippen molar-refractivity contribution in [2.75, 3.05) is 26.2 Å². The Labute approximate surface area is 154 Å². The van der Waals surface area contributed by atoms with Gasteiger partial charge in [0, 0.05) is 31.2 Å². The summed E-state index contributed by atoms with van der Waals surface area (Å²) < 4.78 is 6.89. The SMILES string of the molecule is O=C(c1ccco1)N1CCN(Cc2nnnn2-c2ccc(Cl)cc2)CC1.